The largest absolute Gasteiger partial charge is 0.493 e. The van der Waals surface area contributed by atoms with E-state index in [1.807, 2.05) is 24.3 Å². The molecule has 4 heterocycles. The zero-order chi connectivity index (χ0) is 24.4. The molecule has 3 aromatic heterocycles. The van der Waals surface area contributed by atoms with Crippen molar-refractivity contribution < 1.29 is 14.2 Å². The maximum atomic E-state index is 6.35. The number of pyridine rings is 3. The van der Waals surface area contributed by atoms with E-state index < -0.39 is 0 Å². The molecule has 4 aromatic rings. The Morgan fingerprint density at radius 3 is 2.49 bits per heavy atom. The van der Waals surface area contributed by atoms with Gasteiger partial charge in [0.15, 0.2) is 11.5 Å². The van der Waals surface area contributed by atoms with Crippen LogP contribution < -0.4 is 25.7 Å². The summed E-state index contributed by atoms with van der Waals surface area (Å²) in [5.41, 5.74) is 14.9. The summed E-state index contributed by atoms with van der Waals surface area (Å²) in [6.07, 6.45) is 7.65. The van der Waals surface area contributed by atoms with E-state index in [9.17, 15) is 0 Å². The molecule has 0 aliphatic carbocycles. The van der Waals surface area contributed by atoms with Gasteiger partial charge in [0.2, 0.25) is 0 Å². The number of benzene rings is 1. The van der Waals surface area contributed by atoms with Crippen LogP contribution in [0.15, 0.2) is 42.9 Å². The predicted molar refractivity (Wildman–Crippen MR) is 137 cm³/mol. The highest BCUT2D eigenvalue weighted by Crippen LogP contribution is 2.37. The van der Waals surface area contributed by atoms with Crippen LogP contribution in [-0.2, 0) is 0 Å². The van der Waals surface area contributed by atoms with Crippen molar-refractivity contribution in [2.45, 2.75) is 18.9 Å². The lowest BCUT2D eigenvalue weighted by molar-refractivity contribution is 0.236. The second-order valence-corrected chi connectivity index (χ2v) is 8.82. The van der Waals surface area contributed by atoms with Crippen LogP contribution in [0.4, 0.5) is 5.82 Å². The normalized spacial score (nSPS) is 14.9. The highest BCUT2D eigenvalue weighted by molar-refractivity contribution is 6.10. The number of methoxy groups -OCH3 is 2. The van der Waals surface area contributed by atoms with Gasteiger partial charge in [-0.3, -0.25) is 9.97 Å². The number of nitrogens with zero attached hydrogens (tertiary/aromatic N) is 4. The topological polar surface area (TPSA) is 122 Å². The number of rotatable bonds is 8. The molecule has 35 heavy (non-hydrogen) atoms. The fourth-order valence-electron chi connectivity index (χ4n) is 4.60. The molecule has 0 radical (unpaired) electrons. The van der Waals surface area contributed by atoms with Crippen LogP contribution in [0.5, 0.6) is 17.2 Å². The third-order valence-electron chi connectivity index (χ3n) is 6.38. The highest BCUT2D eigenvalue weighted by Gasteiger charge is 2.16. The zero-order valence-corrected chi connectivity index (χ0v) is 20.0. The van der Waals surface area contributed by atoms with Crippen molar-refractivity contribution in [3.63, 3.8) is 0 Å². The molecule has 0 unspecified atom stereocenters. The quantitative estimate of drug-likeness (QED) is 0.371. The number of ether oxygens (including phenoxy) is 3. The summed E-state index contributed by atoms with van der Waals surface area (Å²) in [6.45, 7) is 3.49. The van der Waals surface area contributed by atoms with Crippen LogP contribution in [-0.4, -0.2) is 66.4 Å². The number of nitrogen functional groups attached to an aromatic ring is 1. The Morgan fingerprint density at radius 1 is 0.943 bits per heavy atom. The van der Waals surface area contributed by atoms with E-state index in [-0.39, 0.29) is 6.04 Å². The molecule has 0 bridgehead atoms. The number of likely N-dealkylation sites (tertiary alicyclic amines) is 1. The van der Waals surface area contributed by atoms with E-state index in [1.54, 1.807) is 32.8 Å². The Labute approximate surface area is 204 Å². The van der Waals surface area contributed by atoms with Crippen LogP contribution in [0.3, 0.4) is 0 Å². The number of nitrogens with two attached hydrogens (primary N) is 2. The first-order valence-corrected chi connectivity index (χ1v) is 11.7. The number of aromatic nitrogens is 3. The van der Waals surface area contributed by atoms with Gasteiger partial charge in [-0.25, -0.2) is 4.98 Å². The van der Waals surface area contributed by atoms with Crippen molar-refractivity contribution in [2.24, 2.45) is 5.73 Å². The lowest BCUT2D eigenvalue weighted by atomic mass is 10.0. The van der Waals surface area contributed by atoms with Gasteiger partial charge < -0.3 is 30.6 Å². The molecule has 0 spiro atoms. The standard InChI is InChI=1S/C26H30N6O3/c1-33-24-9-20-19-8-22(31-26(28)21(19)13-30-23(20)10-25(24)34-2)16-7-18(12-29-11-16)35-15-17(27)14-32-5-3-4-6-32/h7-13,17H,3-6,14-15,27H2,1-2H3,(H2,28,31)/t17-/m1/s1. The van der Waals surface area contributed by atoms with Crippen LogP contribution in [0.25, 0.3) is 32.9 Å². The van der Waals surface area contributed by atoms with Crippen LogP contribution in [0.2, 0.25) is 0 Å². The molecular formula is C26H30N6O3. The first kappa shape index (κ1) is 23.1. The summed E-state index contributed by atoms with van der Waals surface area (Å²) < 4.78 is 16.9. The van der Waals surface area contributed by atoms with Crippen molar-refractivity contribution in [3.8, 4) is 28.5 Å². The lowest BCUT2D eigenvalue weighted by Crippen LogP contribution is -2.40. The first-order chi connectivity index (χ1) is 17.1. The van der Waals surface area contributed by atoms with Gasteiger partial charge in [-0.05, 0) is 49.5 Å². The van der Waals surface area contributed by atoms with Gasteiger partial charge >= 0.3 is 0 Å². The Kier molecular flexibility index (Phi) is 6.52. The summed E-state index contributed by atoms with van der Waals surface area (Å²) in [6, 6.07) is 7.60. The average molecular weight is 475 g/mol. The van der Waals surface area contributed by atoms with Gasteiger partial charge in [-0.15, -0.1) is 0 Å². The van der Waals surface area contributed by atoms with Crippen molar-refractivity contribution in [2.75, 3.05) is 46.2 Å². The number of fused-ring (bicyclic) bond motifs is 3. The summed E-state index contributed by atoms with van der Waals surface area (Å²) >= 11 is 0. The van der Waals surface area contributed by atoms with Crippen LogP contribution in [0.1, 0.15) is 12.8 Å². The summed E-state index contributed by atoms with van der Waals surface area (Å²) in [5.74, 6) is 2.27. The number of hydrogen-bond donors (Lipinski definition) is 2. The van der Waals surface area contributed by atoms with Gasteiger partial charge in [0.1, 0.15) is 18.2 Å². The third-order valence-corrected chi connectivity index (χ3v) is 6.38. The van der Waals surface area contributed by atoms with E-state index in [1.165, 1.54) is 12.8 Å². The fourth-order valence-corrected chi connectivity index (χ4v) is 4.60. The molecule has 1 aliphatic heterocycles. The minimum Gasteiger partial charge on any atom is -0.493 e. The first-order valence-electron chi connectivity index (χ1n) is 11.7. The number of anilines is 1. The highest BCUT2D eigenvalue weighted by atomic mass is 16.5. The monoisotopic (exact) mass is 474 g/mol. The Balaban J connectivity index is 1.45. The molecule has 0 saturated carbocycles. The van der Waals surface area contributed by atoms with E-state index >= 15 is 0 Å². The molecular weight excluding hydrogens is 444 g/mol. The lowest BCUT2D eigenvalue weighted by Gasteiger charge is -2.20. The van der Waals surface area contributed by atoms with Gasteiger partial charge in [0.05, 0.1) is 37.7 Å². The summed E-state index contributed by atoms with van der Waals surface area (Å²) in [4.78, 5) is 15.9. The molecule has 5 rings (SSSR count). The third kappa shape index (κ3) is 4.78. The number of hydrogen-bond acceptors (Lipinski definition) is 9. The van der Waals surface area contributed by atoms with Crippen LogP contribution >= 0.6 is 0 Å². The smallest absolute Gasteiger partial charge is 0.162 e. The molecule has 4 N–H and O–H groups in total. The summed E-state index contributed by atoms with van der Waals surface area (Å²) in [5, 5.41) is 2.57. The van der Waals surface area contributed by atoms with E-state index in [0.29, 0.717) is 35.4 Å². The Hall–Kier alpha value is -3.69. The molecule has 0 amide bonds. The zero-order valence-electron chi connectivity index (χ0n) is 20.0. The van der Waals surface area contributed by atoms with Gasteiger partial charge in [0.25, 0.3) is 0 Å². The van der Waals surface area contributed by atoms with E-state index in [2.05, 4.69) is 19.9 Å². The van der Waals surface area contributed by atoms with Gasteiger partial charge in [-0.2, -0.15) is 0 Å². The van der Waals surface area contributed by atoms with Crippen molar-refractivity contribution in [1.29, 1.82) is 0 Å². The van der Waals surface area contributed by atoms with E-state index in [4.69, 9.17) is 25.7 Å². The second-order valence-electron chi connectivity index (χ2n) is 8.82. The molecule has 1 aliphatic rings. The maximum Gasteiger partial charge on any atom is 0.162 e. The van der Waals surface area contributed by atoms with Gasteiger partial charge in [-0.1, -0.05) is 0 Å². The molecule has 1 atom stereocenters. The minimum absolute atomic E-state index is 0.0583. The Morgan fingerprint density at radius 2 is 1.71 bits per heavy atom. The SMILES string of the molecule is COc1cc2ncc3c(N)nc(-c4cncc(OC[C@H](N)CN5CCCC5)c4)cc3c2cc1OC. The maximum absolute atomic E-state index is 6.35. The van der Waals surface area contributed by atoms with Crippen LogP contribution in [0, 0.1) is 0 Å². The van der Waals surface area contributed by atoms with Gasteiger partial charge in [0, 0.05) is 41.3 Å². The van der Waals surface area contributed by atoms with E-state index in [0.717, 1.165) is 46.9 Å². The molecule has 1 aromatic carbocycles. The van der Waals surface area contributed by atoms with Crippen molar-refractivity contribution in [3.05, 3.63) is 42.9 Å². The fraction of sp³-hybridized carbons (Fsp3) is 0.346. The second kappa shape index (κ2) is 9.89. The molecule has 1 saturated heterocycles. The Bertz CT molecular complexity index is 1360. The van der Waals surface area contributed by atoms with Crippen molar-refractivity contribution >= 4 is 27.5 Å². The predicted octanol–water partition coefficient (Wildman–Crippen LogP) is 3.25. The average Bonchev–Trinajstić information content (AvgIpc) is 3.39. The molecule has 9 heteroatoms. The molecule has 9 nitrogen and oxygen atoms in total. The minimum atomic E-state index is -0.0583. The summed E-state index contributed by atoms with van der Waals surface area (Å²) in [7, 11) is 3.21. The van der Waals surface area contributed by atoms with Crippen molar-refractivity contribution in [1.82, 2.24) is 19.9 Å². The molecule has 182 valence electrons. The molecule has 1 fully saturated rings.